The molecule has 0 fully saturated rings. The Bertz CT molecular complexity index is 202. The second kappa shape index (κ2) is 6.44. The molecule has 1 atom stereocenters. The van der Waals surface area contributed by atoms with E-state index >= 15 is 0 Å². The van der Waals surface area contributed by atoms with E-state index in [4.69, 9.17) is 4.74 Å². The molecule has 0 amide bonds. The first-order valence-electron chi connectivity index (χ1n) is 6.39. The molecule has 0 saturated carbocycles. The Morgan fingerprint density at radius 2 is 1.56 bits per heavy atom. The molecule has 16 heavy (non-hydrogen) atoms. The lowest BCUT2D eigenvalue weighted by atomic mass is 9.90. The lowest BCUT2D eigenvalue weighted by Crippen LogP contribution is -2.26. The summed E-state index contributed by atoms with van der Waals surface area (Å²) < 4.78 is 5.75. The Hall–Kier alpha value is -0.300. The molecule has 0 bridgehead atoms. The summed E-state index contributed by atoms with van der Waals surface area (Å²) >= 11 is 0. The van der Waals surface area contributed by atoms with Gasteiger partial charge in [-0.1, -0.05) is 53.7 Å². The van der Waals surface area contributed by atoms with E-state index in [1.807, 2.05) is 0 Å². The Morgan fingerprint density at radius 3 is 2.00 bits per heavy atom. The van der Waals surface area contributed by atoms with Crippen LogP contribution in [0.2, 0.25) is 0 Å². The van der Waals surface area contributed by atoms with Gasteiger partial charge in [-0.2, -0.15) is 0 Å². The van der Waals surface area contributed by atoms with Gasteiger partial charge in [-0.25, -0.2) is 0 Å². The van der Waals surface area contributed by atoms with E-state index in [0.29, 0.717) is 11.5 Å². The first kappa shape index (κ1) is 15.7. The molecular formula is C15H30O. The van der Waals surface area contributed by atoms with Crippen molar-refractivity contribution in [3.05, 3.63) is 12.2 Å². The van der Waals surface area contributed by atoms with Gasteiger partial charge in [0.05, 0.1) is 12.7 Å². The summed E-state index contributed by atoms with van der Waals surface area (Å²) in [7, 11) is 0. The van der Waals surface area contributed by atoms with E-state index in [-0.39, 0.29) is 5.41 Å². The van der Waals surface area contributed by atoms with Gasteiger partial charge in [-0.3, -0.25) is 0 Å². The Kier molecular flexibility index (Phi) is 6.32. The summed E-state index contributed by atoms with van der Waals surface area (Å²) in [6.07, 6.45) is 7.07. The molecule has 0 N–H and O–H groups in total. The van der Waals surface area contributed by atoms with Crippen molar-refractivity contribution in [1.82, 2.24) is 0 Å². The average Bonchev–Trinajstić information content (AvgIpc) is 2.07. The normalized spacial score (nSPS) is 15.7. The molecule has 0 aromatic rings. The van der Waals surface area contributed by atoms with Crippen LogP contribution in [-0.4, -0.2) is 12.7 Å². The zero-order valence-electron chi connectivity index (χ0n) is 12.3. The van der Waals surface area contributed by atoms with Crippen LogP contribution in [0.4, 0.5) is 0 Å². The van der Waals surface area contributed by atoms with Crippen LogP contribution in [-0.2, 0) is 4.74 Å². The Labute approximate surface area is 102 Å². The molecule has 0 aliphatic rings. The molecule has 0 aliphatic carbocycles. The quantitative estimate of drug-likeness (QED) is 0.611. The molecule has 1 nitrogen and oxygen atoms in total. The molecule has 96 valence electrons. The highest BCUT2D eigenvalue weighted by atomic mass is 16.5. The third-order valence-corrected chi connectivity index (χ3v) is 2.89. The number of allylic oxidation sites excluding steroid dienone is 1. The van der Waals surface area contributed by atoms with Crippen LogP contribution < -0.4 is 0 Å². The standard InChI is InChI=1S/C15H30O/c1-13(15(5,6)7)16-12-10-8-9-11-14(2,3)4/h8,10,13H,9,11-12H2,1-7H3/b10-8+. The molecule has 0 rings (SSSR count). The second-order valence-electron chi connectivity index (χ2n) is 6.91. The number of rotatable bonds is 5. The van der Waals surface area contributed by atoms with Gasteiger partial charge in [0, 0.05) is 0 Å². The molecule has 0 spiro atoms. The maximum Gasteiger partial charge on any atom is 0.0651 e. The first-order valence-corrected chi connectivity index (χ1v) is 6.39. The third kappa shape index (κ3) is 8.96. The summed E-state index contributed by atoms with van der Waals surface area (Å²) in [4.78, 5) is 0. The number of hydrogen-bond donors (Lipinski definition) is 0. The molecule has 1 heteroatoms. The Balaban J connectivity index is 3.63. The van der Waals surface area contributed by atoms with Crippen molar-refractivity contribution in [3.8, 4) is 0 Å². The summed E-state index contributed by atoms with van der Waals surface area (Å²) in [6.45, 7) is 16.3. The predicted octanol–water partition coefficient (Wildman–Crippen LogP) is 4.82. The minimum absolute atomic E-state index is 0.235. The zero-order valence-corrected chi connectivity index (χ0v) is 12.3. The SMILES string of the molecule is CC(OC/C=C/CCC(C)(C)C)C(C)(C)C. The first-order chi connectivity index (χ1) is 7.13. The monoisotopic (exact) mass is 226 g/mol. The highest BCUT2D eigenvalue weighted by Crippen LogP contribution is 2.22. The summed E-state index contributed by atoms with van der Waals surface area (Å²) in [5.74, 6) is 0. The molecule has 0 aliphatic heterocycles. The van der Waals surface area contributed by atoms with E-state index in [1.165, 1.54) is 6.42 Å². The fraction of sp³-hybridized carbons (Fsp3) is 0.867. The van der Waals surface area contributed by atoms with E-state index in [1.54, 1.807) is 0 Å². The Morgan fingerprint density at radius 1 is 1.00 bits per heavy atom. The van der Waals surface area contributed by atoms with Crippen molar-refractivity contribution in [2.45, 2.75) is 67.4 Å². The average molecular weight is 226 g/mol. The van der Waals surface area contributed by atoms with Crippen LogP contribution in [0.5, 0.6) is 0 Å². The van der Waals surface area contributed by atoms with Gasteiger partial charge in [-0.05, 0) is 30.6 Å². The minimum Gasteiger partial charge on any atom is -0.374 e. The molecule has 0 heterocycles. The molecule has 0 aromatic heterocycles. The van der Waals surface area contributed by atoms with Crippen LogP contribution in [0.3, 0.4) is 0 Å². The zero-order chi connectivity index (χ0) is 12.8. The van der Waals surface area contributed by atoms with Crippen LogP contribution in [0.15, 0.2) is 12.2 Å². The van der Waals surface area contributed by atoms with E-state index in [2.05, 4.69) is 60.6 Å². The van der Waals surface area contributed by atoms with Gasteiger partial charge < -0.3 is 4.74 Å². The van der Waals surface area contributed by atoms with Crippen molar-refractivity contribution in [2.24, 2.45) is 10.8 Å². The predicted molar refractivity (Wildman–Crippen MR) is 72.7 cm³/mol. The van der Waals surface area contributed by atoms with Gasteiger partial charge in [0.15, 0.2) is 0 Å². The van der Waals surface area contributed by atoms with Gasteiger partial charge in [0.1, 0.15) is 0 Å². The van der Waals surface area contributed by atoms with Gasteiger partial charge in [0.2, 0.25) is 0 Å². The smallest absolute Gasteiger partial charge is 0.0651 e. The van der Waals surface area contributed by atoms with Crippen LogP contribution in [0, 0.1) is 10.8 Å². The molecule has 1 unspecified atom stereocenters. The van der Waals surface area contributed by atoms with Crippen molar-refractivity contribution in [1.29, 1.82) is 0 Å². The van der Waals surface area contributed by atoms with Crippen molar-refractivity contribution < 1.29 is 4.74 Å². The molecule has 0 radical (unpaired) electrons. The maximum absolute atomic E-state index is 5.75. The van der Waals surface area contributed by atoms with Crippen LogP contribution in [0.25, 0.3) is 0 Å². The number of hydrogen-bond acceptors (Lipinski definition) is 1. The highest BCUT2D eigenvalue weighted by Gasteiger charge is 2.19. The highest BCUT2D eigenvalue weighted by molar-refractivity contribution is 4.84. The van der Waals surface area contributed by atoms with Crippen molar-refractivity contribution in [2.75, 3.05) is 6.61 Å². The van der Waals surface area contributed by atoms with Crippen molar-refractivity contribution in [3.63, 3.8) is 0 Å². The minimum atomic E-state index is 0.235. The molecule has 0 saturated heterocycles. The third-order valence-electron chi connectivity index (χ3n) is 2.89. The van der Waals surface area contributed by atoms with E-state index < -0.39 is 0 Å². The summed E-state index contributed by atoms with van der Waals surface area (Å²) in [5, 5.41) is 0. The fourth-order valence-corrected chi connectivity index (χ4v) is 1.15. The molecular weight excluding hydrogens is 196 g/mol. The number of ether oxygens (including phenoxy) is 1. The van der Waals surface area contributed by atoms with Gasteiger partial charge in [0.25, 0.3) is 0 Å². The van der Waals surface area contributed by atoms with Crippen LogP contribution >= 0.6 is 0 Å². The van der Waals surface area contributed by atoms with E-state index in [9.17, 15) is 0 Å². The topological polar surface area (TPSA) is 9.23 Å². The maximum atomic E-state index is 5.75. The van der Waals surface area contributed by atoms with Crippen molar-refractivity contribution >= 4 is 0 Å². The van der Waals surface area contributed by atoms with E-state index in [0.717, 1.165) is 13.0 Å². The lowest BCUT2D eigenvalue weighted by molar-refractivity contribution is 0.0104. The van der Waals surface area contributed by atoms with Gasteiger partial charge >= 0.3 is 0 Å². The van der Waals surface area contributed by atoms with Crippen LogP contribution in [0.1, 0.15) is 61.3 Å². The summed E-state index contributed by atoms with van der Waals surface area (Å²) in [6, 6.07) is 0. The lowest BCUT2D eigenvalue weighted by Gasteiger charge is -2.26. The fourth-order valence-electron chi connectivity index (χ4n) is 1.15. The largest absolute Gasteiger partial charge is 0.374 e. The summed E-state index contributed by atoms with van der Waals surface area (Å²) in [5.41, 5.74) is 0.670. The second-order valence-corrected chi connectivity index (χ2v) is 6.91. The van der Waals surface area contributed by atoms with Gasteiger partial charge in [-0.15, -0.1) is 0 Å². The molecule has 0 aromatic carbocycles.